The van der Waals surface area contributed by atoms with E-state index < -0.39 is 11.9 Å². The fourth-order valence-electron chi connectivity index (χ4n) is 4.25. The van der Waals surface area contributed by atoms with E-state index in [1.165, 1.54) is 12.1 Å². The van der Waals surface area contributed by atoms with E-state index in [2.05, 4.69) is 10.2 Å². The molecular weight excluding hydrogens is 468 g/mol. The summed E-state index contributed by atoms with van der Waals surface area (Å²) in [5.41, 5.74) is 2.73. The van der Waals surface area contributed by atoms with E-state index in [1.54, 1.807) is 24.3 Å². The van der Waals surface area contributed by atoms with Gasteiger partial charge in [-0.2, -0.15) is 0 Å². The molecule has 0 bridgehead atoms. The first-order valence-electron chi connectivity index (χ1n) is 11.4. The molecule has 184 valence electrons. The molecule has 0 unspecified atom stereocenters. The van der Waals surface area contributed by atoms with Crippen molar-refractivity contribution in [1.82, 2.24) is 0 Å². The predicted molar refractivity (Wildman–Crippen MR) is 139 cm³/mol. The largest absolute Gasteiger partial charge is 0.507 e. The number of anilines is 2. The van der Waals surface area contributed by atoms with Crippen molar-refractivity contribution in [1.29, 1.82) is 0 Å². The van der Waals surface area contributed by atoms with Crippen LogP contribution in [0.5, 0.6) is 5.75 Å². The zero-order valence-electron chi connectivity index (χ0n) is 19.4. The quantitative estimate of drug-likeness (QED) is 0.403. The molecule has 4 rings (SSSR count). The van der Waals surface area contributed by atoms with Gasteiger partial charge in [-0.1, -0.05) is 36.4 Å². The number of nitrogens with zero attached hydrogens (tertiary/aromatic N) is 1. The summed E-state index contributed by atoms with van der Waals surface area (Å²) in [6.07, 6.45) is 2.03. The highest BCUT2D eigenvalue weighted by Gasteiger charge is 2.22. The van der Waals surface area contributed by atoms with Crippen LogP contribution in [-0.4, -0.2) is 47.9 Å². The van der Waals surface area contributed by atoms with Gasteiger partial charge in [-0.05, 0) is 61.2 Å². The van der Waals surface area contributed by atoms with E-state index >= 15 is 0 Å². The van der Waals surface area contributed by atoms with Crippen molar-refractivity contribution in [3.63, 3.8) is 0 Å². The molecule has 3 aromatic rings. The van der Waals surface area contributed by atoms with Crippen LogP contribution in [0, 0.1) is 0 Å². The topological polar surface area (TPSA) is 99.1 Å². The van der Waals surface area contributed by atoms with Crippen molar-refractivity contribution in [2.24, 2.45) is 0 Å². The molecule has 0 radical (unpaired) electrons. The number of carboxylic acids is 1. The van der Waals surface area contributed by atoms with Gasteiger partial charge in [-0.15, -0.1) is 12.4 Å². The van der Waals surface area contributed by atoms with Crippen LogP contribution in [0.2, 0.25) is 0 Å². The second-order valence-corrected chi connectivity index (χ2v) is 8.23. The van der Waals surface area contributed by atoms with E-state index in [4.69, 9.17) is 4.74 Å². The van der Waals surface area contributed by atoms with Crippen LogP contribution < -0.4 is 10.2 Å². The Balaban J connectivity index is 0.00000342. The molecule has 1 saturated heterocycles. The number of hydrogen-bond donors (Lipinski definition) is 3. The van der Waals surface area contributed by atoms with Gasteiger partial charge in [0.05, 0.1) is 22.9 Å². The number of amides is 1. The Morgan fingerprint density at radius 2 is 1.69 bits per heavy atom. The number of benzene rings is 3. The third kappa shape index (κ3) is 6.12. The Morgan fingerprint density at radius 1 is 0.971 bits per heavy atom. The van der Waals surface area contributed by atoms with Crippen molar-refractivity contribution in [2.45, 2.75) is 25.9 Å². The average molecular weight is 497 g/mol. The van der Waals surface area contributed by atoms with Gasteiger partial charge in [-0.25, -0.2) is 4.79 Å². The number of phenols is 1. The molecule has 0 saturated carbocycles. The summed E-state index contributed by atoms with van der Waals surface area (Å²) in [7, 11) is 0. The van der Waals surface area contributed by atoms with Crippen molar-refractivity contribution in [3.05, 3.63) is 77.9 Å². The molecule has 1 amide bonds. The lowest BCUT2D eigenvalue weighted by atomic mass is 10.0. The molecule has 0 spiro atoms. The fourth-order valence-corrected chi connectivity index (χ4v) is 4.25. The van der Waals surface area contributed by atoms with E-state index in [1.807, 2.05) is 37.3 Å². The summed E-state index contributed by atoms with van der Waals surface area (Å²) in [5, 5.41) is 22.7. The first-order valence-corrected chi connectivity index (χ1v) is 11.4. The number of piperidine rings is 1. The number of carboxylic acid groups (broad SMARTS) is 1. The normalized spacial score (nSPS) is 13.7. The van der Waals surface area contributed by atoms with Gasteiger partial charge in [0.15, 0.2) is 0 Å². The van der Waals surface area contributed by atoms with E-state index in [0.29, 0.717) is 6.61 Å². The van der Waals surface area contributed by atoms with Crippen molar-refractivity contribution < 1.29 is 24.5 Å². The van der Waals surface area contributed by atoms with Gasteiger partial charge in [0.25, 0.3) is 5.91 Å². The Kier molecular flexibility index (Phi) is 8.73. The van der Waals surface area contributed by atoms with Crippen LogP contribution in [0.1, 0.15) is 40.5 Å². The molecule has 3 N–H and O–H groups in total. The highest BCUT2D eigenvalue weighted by Crippen LogP contribution is 2.30. The predicted octanol–water partition coefficient (Wildman–Crippen LogP) is 5.44. The Hall–Kier alpha value is -3.55. The molecule has 1 aliphatic heterocycles. The SMILES string of the molecule is CCOC1CCN(c2ccc(O)c(C(=O)Nc3cc(-c4ccccc4)ccc3C(=O)O)c2)CC1.Cl. The maximum Gasteiger partial charge on any atom is 0.337 e. The number of phenolic OH excluding ortho intramolecular Hbond substituents is 1. The lowest BCUT2D eigenvalue weighted by molar-refractivity contribution is 0.0459. The summed E-state index contributed by atoms with van der Waals surface area (Å²) in [4.78, 5) is 27.1. The molecule has 1 fully saturated rings. The lowest BCUT2D eigenvalue weighted by Gasteiger charge is -2.33. The summed E-state index contributed by atoms with van der Waals surface area (Å²) in [6.45, 7) is 4.26. The molecule has 1 aliphatic rings. The molecule has 8 heteroatoms. The smallest absolute Gasteiger partial charge is 0.337 e. The minimum Gasteiger partial charge on any atom is -0.507 e. The zero-order valence-corrected chi connectivity index (χ0v) is 20.3. The van der Waals surface area contributed by atoms with E-state index in [-0.39, 0.29) is 41.1 Å². The molecule has 0 atom stereocenters. The monoisotopic (exact) mass is 496 g/mol. The first kappa shape index (κ1) is 26.1. The van der Waals surface area contributed by atoms with Crippen LogP contribution >= 0.6 is 12.4 Å². The van der Waals surface area contributed by atoms with Gasteiger partial charge in [0.2, 0.25) is 0 Å². The van der Waals surface area contributed by atoms with Crippen molar-refractivity contribution in [2.75, 3.05) is 29.9 Å². The second-order valence-electron chi connectivity index (χ2n) is 8.23. The Morgan fingerprint density at radius 3 is 2.34 bits per heavy atom. The number of halogens is 1. The number of aromatic carboxylic acids is 1. The van der Waals surface area contributed by atoms with Gasteiger partial charge >= 0.3 is 5.97 Å². The number of aromatic hydroxyl groups is 1. The van der Waals surface area contributed by atoms with Crippen LogP contribution in [0.3, 0.4) is 0 Å². The number of hydrogen-bond acceptors (Lipinski definition) is 5. The highest BCUT2D eigenvalue weighted by atomic mass is 35.5. The van der Waals surface area contributed by atoms with Crippen LogP contribution in [-0.2, 0) is 4.74 Å². The second kappa shape index (κ2) is 11.7. The highest BCUT2D eigenvalue weighted by molar-refractivity contribution is 6.10. The van der Waals surface area contributed by atoms with Gasteiger partial charge < -0.3 is 25.2 Å². The summed E-state index contributed by atoms with van der Waals surface area (Å²) < 4.78 is 5.71. The van der Waals surface area contributed by atoms with E-state index in [0.717, 1.165) is 42.7 Å². The minimum absolute atomic E-state index is 0. The minimum atomic E-state index is -1.15. The van der Waals surface area contributed by atoms with Crippen molar-refractivity contribution >= 4 is 35.7 Å². The number of rotatable bonds is 7. The molecular formula is C27H29ClN2O5. The van der Waals surface area contributed by atoms with Gasteiger partial charge in [0.1, 0.15) is 5.75 Å². The standard InChI is InChI=1S/C27H28N2O5.ClH/c1-2-34-21-12-14-29(15-13-21)20-9-11-25(30)23(17-20)26(31)28-24-16-19(8-10-22(24)27(32)33)18-6-4-3-5-7-18;/h3-11,16-17,21,30H,2,12-15H2,1H3,(H,28,31)(H,32,33);1H. The van der Waals surface area contributed by atoms with Crippen LogP contribution in [0.25, 0.3) is 11.1 Å². The number of nitrogens with one attached hydrogen (secondary N) is 1. The molecule has 0 aromatic heterocycles. The molecule has 0 aliphatic carbocycles. The molecule has 3 aromatic carbocycles. The maximum absolute atomic E-state index is 13.1. The van der Waals surface area contributed by atoms with E-state index in [9.17, 15) is 19.8 Å². The average Bonchev–Trinajstić information content (AvgIpc) is 2.85. The lowest BCUT2D eigenvalue weighted by Crippen LogP contribution is -2.37. The molecule has 1 heterocycles. The molecule has 35 heavy (non-hydrogen) atoms. The first-order chi connectivity index (χ1) is 16.5. The number of carbonyl (C=O) groups excluding carboxylic acids is 1. The Bertz CT molecular complexity index is 1180. The van der Waals surface area contributed by atoms with Crippen LogP contribution in [0.15, 0.2) is 66.7 Å². The summed E-state index contributed by atoms with van der Waals surface area (Å²) in [5.74, 6) is -1.89. The van der Waals surface area contributed by atoms with Gasteiger partial charge in [0, 0.05) is 25.4 Å². The summed E-state index contributed by atoms with van der Waals surface area (Å²) >= 11 is 0. The third-order valence-corrected chi connectivity index (χ3v) is 6.04. The zero-order chi connectivity index (χ0) is 24.1. The third-order valence-electron chi connectivity index (χ3n) is 6.04. The molecule has 7 nitrogen and oxygen atoms in total. The summed E-state index contributed by atoms with van der Waals surface area (Å²) in [6, 6.07) is 19.2. The Labute approximate surface area is 210 Å². The number of ether oxygens (including phenoxy) is 1. The number of carbonyl (C=O) groups is 2. The maximum atomic E-state index is 13.1. The van der Waals surface area contributed by atoms with Gasteiger partial charge in [-0.3, -0.25) is 4.79 Å². The fraction of sp³-hybridized carbons (Fsp3) is 0.259. The van der Waals surface area contributed by atoms with Crippen LogP contribution in [0.4, 0.5) is 11.4 Å². The van der Waals surface area contributed by atoms with Crippen molar-refractivity contribution in [3.8, 4) is 16.9 Å².